The number of aliphatic hydroxyl groups is 1. The van der Waals surface area contributed by atoms with Crippen molar-refractivity contribution < 1.29 is 23.1 Å². The second kappa shape index (κ2) is 12.1. The van der Waals surface area contributed by atoms with E-state index in [1.54, 1.807) is 18.2 Å². The average molecular weight is 703 g/mol. The Balaban J connectivity index is 1.80. The van der Waals surface area contributed by atoms with Crippen molar-refractivity contribution in [1.29, 1.82) is 0 Å². The number of carbonyl (C=O) groups excluding carboxylic acids is 2. The van der Waals surface area contributed by atoms with Crippen LogP contribution in [0.5, 0.6) is 0 Å². The third-order valence-corrected chi connectivity index (χ3v) is 10.3. The number of amides is 1. The zero-order chi connectivity index (χ0) is 31.0. The molecule has 0 aliphatic carbocycles. The van der Waals surface area contributed by atoms with Gasteiger partial charge in [0, 0.05) is 18.2 Å². The lowest BCUT2D eigenvalue weighted by molar-refractivity contribution is -0.142. The minimum absolute atomic E-state index is 0.0436. The van der Waals surface area contributed by atoms with Gasteiger partial charge < -0.3 is 14.8 Å². The van der Waals surface area contributed by atoms with E-state index in [4.69, 9.17) is 0 Å². The van der Waals surface area contributed by atoms with Crippen LogP contribution in [0, 0.1) is 11.3 Å². The predicted molar refractivity (Wildman–Crippen MR) is 176 cm³/mol. The van der Waals surface area contributed by atoms with Crippen molar-refractivity contribution in [1.82, 2.24) is 4.90 Å². The molecule has 42 heavy (non-hydrogen) atoms. The summed E-state index contributed by atoms with van der Waals surface area (Å²) in [6, 6.07) is 20.4. The smallest absolute Gasteiger partial charge is 0.228 e. The monoisotopic (exact) mass is 702 g/mol. The number of hydrogen-bond acceptors (Lipinski definition) is 6. The molecule has 1 aliphatic heterocycles. The van der Waals surface area contributed by atoms with Gasteiger partial charge in [0.1, 0.15) is 6.29 Å². The Kier molecular flexibility index (Phi) is 9.25. The molecule has 224 valence electrons. The van der Waals surface area contributed by atoms with Gasteiger partial charge >= 0.3 is 0 Å². The first-order chi connectivity index (χ1) is 19.7. The highest BCUT2D eigenvalue weighted by molar-refractivity contribution is 14.1. The summed E-state index contributed by atoms with van der Waals surface area (Å²) in [5, 5.41) is 9.66. The molecule has 1 fully saturated rings. The number of sulfone groups is 1. The summed E-state index contributed by atoms with van der Waals surface area (Å²) < 4.78 is 26.8. The van der Waals surface area contributed by atoms with Crippen LogP contribution < -0.4 is 3.11 Å². The van der Waals surface area contributed by atoms with Crippen molar-refractivity contribution >= 4 is 56.3 Å². The third kappa shape index (κ3) is 6.01. The van der Waals surface area contributed by atoms with Gasteiger partial charge in [0.15, 0.2) is 9.84 Å². The molecule has 2 unspecified atom stereocenters. The van der Waals surface area contributed by atoms with Crippen molar-refractivity contribution in [2.45, 2.75) is 64.0 Å². The van der Waals surface area contributed by atoms with Crippen LogP contribution in [0.25, 0.3) is 11.1 Å². The Hall–Kier alpha value is -2.76. The summed E-state index contributed by atoms with van der Waals surface area (Å²) >= 11 is 2.24. The molecule has 9 heteroatoms. The Morgan fingerprint density at radius 3 is 2.36 bits per heavy atom. The lowest BCUT2D eigenvalue weighted by atomic mass is 9.70. The zero-order valence-corrected chi connectivity index (χ0v) is 27.9. The van der Waals surface area contributed by atoms with Crippen molar-refractivity contribution in [2.24, 2.45) is 11.3 Å². The lowest BCUT2D eigenvalue weighted by Crippen LogP contribution is -2.52. The predicted octanol–water partition coefficient (Wildman–Crippen LogP) is 6.48. The van der Waals surface area contributed by atoms with Gasteiger partial charge in [-0.1, -0.05) is 77.1 Å². The number of para-hydroxylation sites is 1. The molecule has 3 aromatic rings. The van der Waals surface area contributed by atoms with Crippen LogP contribution in [0.1, 0.15) is 52.2 Å². The van der Waals surface area contributed by atoms with Gasteiger partial charge in [-0.2, -0.15) is 0 Å². The number of carbonyl (C=O) groups is 2. The molecule has 3 aromatic carbocycles. The number of rotatable bonds is 8. The molecule has 2 atom stereocenters. The number of hydrogen-bond donors (Lipinski definition) is 1. The van der Waals surface area contributed by atoms with Gasteiger partial charge in [0.05, 0.1) is 57.2 Å². The first kappa shape index (κ1) is 32.2. The minimum Gasteiger partial charge on any atom is -0.392 e. The van der Waals surface area contributed by atoms with E-state index in [9.17, 15) is 23.1 Å². The van der Waals surface area contributed by atoms with Gasteiger partial charge in [0.2, 0.25) is 5.91 Å². The van der Waals surface area contributed by atoms with E-state index in [1.165, 1.54) is 0 Å². The fourth-order valence-corrected chi connectivity index (χ4v) is 7.84. The van der Waals surface area contributed by atoms with E-state index in [-0.39, 0.29) is 29.4 Å². The highest BCUT2D eigenvalue weighted by Crippen LogP contribution is 2.48. The molecule has 0 radical (unpaired) electrons. The summed E-state index contributed by atoms with van der Waals surface area (Å²) in [6.45, 7) is 10.0. The summed E-state index contributed by atoms with van der Waals surface area (Å²) in [6.07, 6.45) is 2.72. The molecule has 0 spiro atoms. The quantitative estimate of drug-likeness (QED) is 0.164. The van der Waals surface area contributed by atoms with Crippen LogP contribution in [-0.4, -0.2) is 49.5 Å². The molecule has 1 aliphatic rings. The number of benzene rings is 3. The molecule has 0 saturated carbocycles. The molecule has 1 saturated heterocycles. The molecule has 1 heterocycles. The van der Waals surface area contributed by atoms with Crippen molar-refractivity contribution in [3.63, 3.8) is 0 Å². The Labute approximate surface area is 263 Å². The number of aliphatic hydroxyl groups excluding tert-OH is 1. The highest BCUT2D eigenvalue weighted by Gasteiger charge is 2.53. The van der Waals surface area contributed by atoms with Crippen LogP contribution in [0.4, 0.5) is 11.4 Å². The lowest BCUT2D eigenvalue weighted by Gasteiger charge is -2.40. The van der Waals surface area contributed by atoms with Crippen LogP contribution in [0.15, 0.2) is 71.6 Å². The normalized spacial score (nSPS) is 19.3. The van der Waals surface area contributed by atoms with E-state index in [0.29, 0.717) is 24.1 Å². The summed E-state index contributed by atoms with van der Waals surface area (Å²) in [5.74, 6) is 0.0936. The largest absolute Gasteiger partial charge is 0.392 e. The van der Waals surface area contributed by atoms with Crippen molar-refractivity contribution in [3.05, 3.63) is 77.9 Å². The van der Waals surface area contributed by atoms with Gasteiger partial charge in [-0.25, -0.2) is 8.42 Å². The molecule has 7 nitrogen and oxygen atoms in total. The van der Waals surface area contributed by atoms with E-state index < -0.39 is 20.7 Å². The Bertz CT molecular complexity index is 1600. The fraction of sp³-hybridized carbons (Fsp3) is 0.394. The Morgan fingerprint density at radius 1 is 1.10 bits per heavy atom. The second-order valence-corrected chi connectivity index (χ2v) is 15.4. The van der Waals surface area contributed by atoms with Gasteiger partial charge in [-0.3, -0.25) is 7.91 Å². The zero-order valence-electron chi connectivity index (χ0n) is 25.0. The molecule has 4 rings (SSSR count). The summed E-state index contributed by atoms with van der Waals surface area (Å²) in [5.41, 5.74) is 3.01. The van der Waals surface area contributed by atoms with Crippen LogP contribution in [-0.2, 0) is 31.4 Å². The summed E-state index contributed by atoms with van der Waals surface area (Å²) in [4.78, 5) is 28.7. The summed E-state index contributed by atoms with van der Waals surface area (Å²) in [7, 11) is -3.54. The number of halogens is 1. The average Bonchev–Trinajstić information content (AvgIpc) is 3.36. The van der Waals surface area contributed by atoms with E-state index in [1.807, 2.05) is 77.3 Å². The molecule has 0 bridgehead atoms. The SMILES string of the molecule is CC(C)C1N(C(=O)C(C)(C)C)CCC1(C=O)c1ccccc1N(I)c1cccc(-c2ccc(CO)c(S(C)(=O)=O)c2)c1. The molecule has 1 amide bonds. The number of anilines is 2. The maximum Gasteiger partial charge on any atom is 0.228 e. The minimum atomic E-state index is -3.54. The van der Waals surface area contributed by atoms with Gasteiger partial charge in [-0.15, -0.1) is 0 Å². The molecular weight excluding hydrogens is 663 g/mol. The van der Waals surface area contributed by atoms with Gasteiger partial charge in [-0.05, 0) is 58.9 Å². The molecular formula is C33H39IN2O5S. The van der Waals surface area contributed by atoms with Crippen LogP contribution >= 0.6 is 22.9 Å². The topological polar surface area (TPSA) is 95.0 Å². The first-order valence-electron chi connectivity index (χ1n) is 14.0. The number of nitrogens with zero attached hydrogens (tertiary/aromatic N) is 2. The van der Waals surface area contributed by atoms with E-state index >= 15 is 0 Å². The maximum absolute atomic E-state index is 13.5. The van der Waals surface area contributed by atoms with Crippen molar-refractivity contribution in [3.8, 4) is 11.1 Å². The van der Waals surface area contributed by atoms with E-state index in [2.05, 4.69) is 36.7 Å². The van der Waals surface area contributed by atoms with Gasteiger partial charge in [0.25, 0.3) is 0 Å². The molecule has 0 aromatic heterocycles. The number of aldehydes is 1. The fourth-order valence-electron chi connectivity index (χ4n) is 6.17. The standard InChI is InChI=1S/C33H39IN2O5S/c1-22(2)30-33(21-38,16-17-35(30)31(39)32(3,4)5)27-12-7-8-13-28(27)36(34)26-11-9-10-23(18-26)24-14-15-25(20-37)29(19-24)42(6,40)41/h7-15,18-19,21-22,30,37H,16-17,20H2,1-6H3. The second-order valence-electron chi connectivity index (χ2n) is 12.4. The van der Waals surface area contributed by atoms with E-state index in [0.717, 1.165) is 35.0 Å². The van der Waals surface area contributed by atoms with Crippen LogP contribution in [0.3, 0.4) is 0 Å². The van der Waals surface area contributed by atoms with Crippen LogP contribution in [0.2, 0.25) is 0 Å². The van der Waals surface area contributed by atoms with Crippen molar-refractivity contribution in [2.75, 3.05) is 15.9 Å². The highest BCUT2D eigenvalue weighted by atomic mass is 127. The maximum atomic E-state index is 13.5. The third-order valence-electron chi connectivity index (χ3n) is 8.03. The Morgan fingerprint density at radius 2 is 1.76 bits per heavy atom. The first-order valence-corrected chi connectivity index (χ1v) is 16.9. The number of likely N-dealkylation sites (tertiary alicyclic amines) is 1. The molecule has 1 N–H and O–H groups in total.